The van der Waals surface area contributed by atoms with Gasteiger partial charge in [0.1, 0.15) is 0 Å². The summed E-state index contributed by atoms with van der Waals surface area (Å²) in [6, 6.07) is 4.37. The van der Waals surface area contributed by atoms with E-state index in [2.05, 4.69) is 5.32 Å². The summed E-state index contributed by atoms with van der Waals surface area (Å²) < 4.78 is 18.4. The Morgan fingerprint density at radius 2 is 2.15 bits per heavy atom. The van der Waals surface area contributed by atoms with E-state index in [1.807, 2.05) is 0 Å². The van der Waals surface area contributed by atoms with E-state index in [0.717, 1.165) is 18.4 Å². The summed E-state index contributed by atoms with van der Waals surface area (Å²) in [5.74, 6) is -0.857. The lowest BCUT2D eigenvalue weighted by Gasteiger charge is -2.07. The van der Waals surface area contributed by atoms with Crippen molar-refractivity contribution >= 4 is 11.9 Å². The van der Waals surface area contributed by atoms with Gasteiger partial charge in [-0.25, -0.2) is 4.39 Å². The summed E-state index contributed by atoms with van der Waals surface area (Å²) in [7, 11) is 0. The fourth-order valence-electron chi connectivity index (χ4n) is 1.80. The van der Waals surface area contributed by atoms with Gasteiger partial charge in [0.2, 0.25) is 5.91 Å². The molecule has 1 amide bonds. The molecule has 0 radical (unpaired) electrons. The average molecular weight is 279 g/mol. The van der Waals surface area contributed by atoms with Crippen LogP contribution in [0.15, 0.2) is 18.2 Å². The second kappa shape index (κ2) is 6.50. The predicted molar refractivity (Wildman–Crippen MR) is 71.7 cm³/mol. The molecule has 1 aromatic rings. The molecule has 0 unspecified atom stereocenters. The minimum absolute atomic E-state index is 0.0444. The SMILES string of the molecule is Cc1ccc(F)c(OC(=O)CCCNC(=O)C2CC2)c1. The third-order valence-corrected chi connectivity index (χ3v) is 3.12. The molecule has 0 saturated heterocycles. The molecule has 0 heterocycles. The topological polar surface area (TPSA) is 55.4 Å². The third-order valence-electron chi connectivity index (χ3n) is 3.12. The maximum absolute atomic E-state index is 13.4. The van der Waals surface area contributed by atoms with Crippen LogP contribution in [0.1, 0.15) is 31.2 Å². The van der Waals surface area contributed by atoms with Crippen LogP contribution >= 0.6 is 0 Å². The molecule has 5 heteroatoms. The Labute approximate surface area is 117 Å². The number of hydrogen-bond acceptors (Lipinski definition) is 3. The number of benzene rings is 1. The summed E-state index contributed by atoms with van der Waals surface area (Å²) in [4.78, 5) is 22.9. The van der Waals surface area contributed by atoms with Crippen molar-refractivity contribution in [1.29, 1.82) is 0 Å². The van der Waals surface area contributed by atoms with Crippen LogP contribution in [0.2, 0.25) is 0 Å². The van der Waals surface area contributed by atoms with Crippen LogP contribution in [-0.2, 0) is 9.59 Å². The van der Waals surface area contributed by atoms with Crippen LogP contribution in [0, 0.1) is 18.7 Å². The molecule has 4 nitrogen and oxygen atoms in total. The molecule has 1 N–H and O–H groups in total. The number of amides is 1. The van der Waals surface area contributed by atoms with E-state index in [0.29, 0.717) is 13.0 Å². The van der Waals surface area contributed by atoms with Gasteiger partial charge in [0, 0.05) is 18.9 Å². The molecule has 1 aliphatic rings. The smallest absolute Gasteiger partial charge is 0.311 e. The summed E-state index contributed by atoms with van der Waals surface area (Å²) >= 11 is 0. The van der Waals surface area contributed by atoms with Crippen molar-refractivity contribution < 1.29 is 18.7 Å². The van der Waals surface area contributed by atoms with Crippen molar-refractivity contribution in [3.8, 4) is 5.75 Å². The number of hydrogen-bond donors (Lipinski definition) is 1. The molecular formula is C15H18FNO3. The molecule has 1 aromatic carbocycles. The minimum atomic E-state index is -0.550. The van der Waals surface area contributed by atoms with Gasteiger partial charge in [-0.05, 0) is 43.9 Å². The summed E-state index contributed by atoms with van der Waals surface area (Å²) in [5, 5.41) is 2.76. The van der Waals surface area contributed by atoms with Gasteiger partial charge < -0.3 is 10.1 Å². The lowest BCUT2D eigenvalue weighted by molar-refractivity contribution is -0.134. The number of rotatable bonds is 6. The monoisotopic (exact) mass is 279 g/mol. The number of halogens is 1. The highest BCUT2D eigenvalue weighted by molar-refractivity contribution is 5.80. The van der Waals surface area contributed by atoms with Crippen molar-refractivity contribution in [2.24, 2.45) is 5.92 Å². The molecule has 1 saturated carbocycles. The second-order valence-electron chi connectivity index (χ2n) is 5.08. The number of carbonyl (C=O) groups is 2. The van der Waals surface area contributed by atoms with E-state index < -0.39 is 11.8 Å². The lowest BCUT2D eigenvalue weighted by Crippen LogP contribution is -2.26. The van der Waals surface area contributed by atoms with Gasteiger partial charge in [0.05, 0.1) is 0 Å². The number of nitrogens with one attached hydrogen (secondary N) is 1. The van der Waals surface area contributed by atoms with Gasteiger partial charge in [-0.15, -0.1) is 0 Å². The van der Waals surface area contributed by atoms with Crippen molar-refractivity contribution in [3.05, 3.63) is 29.6 Å². The number of ether oxygens (including phenoxy) is 1. The van der Waals surface area contributed by atoms with Crippen LogP contribution in [0.25, 0.3) is 0 Å². The molecule has 0 spiro atoms. The van der Waals surface area contributed by atoms with Gasteiger partial charge >= 0.3 is 5.97 Å². The van der Waals surface area contributed by atoms with Crippen LogP contribution in [0.3, 0.4) is 0 Å². The Hall–Kier alpha value is -1.91. The van der Waals surface area contributed by atoms with Crippen LogP contribution in [0.5, 0.6) is 5.75 Å². The first-order chi connectivity index (χ1) is 9.56. The quantitative estimate of drug-likeness (QED) is 0.494. The Kier molecular flexibility index (Phi) is 4.71. The predicted octanol–water partition coefficient (Wildman–Crippen LogP) is 2.35. The van der Waals surface area contributed by atoms with Gasteiger partial charge in [0.25, 0.3) is 0 Å². The zero-order chi connectivity index (χ0) is 14.5. The van der Waals surface area contributed by atoms with Crippen molar-refractivity contribution in [2.45, 2.75) is 32.6 Å². The molecule has 2 rings (SSSR count). The normalized spacial score (nSPS) is 13.9. The number of esters is 1. The minimum Gasteiger partial charge on any atom is -0.423 e. The lowest BCUT2D eigenvalue weighted by atomic mass is 10.2. The Morgan fingerprint density at radius 3 is 2.85 bits per heavy atom. The Balaban J connectivity index is 1.69. The molecule has 1 fully saturated rings. The molecule has 20 heavy (non-hydrogen) atoms. The maximum atomic E-state index is 13.4. The fourth-order valence-corrected chi connectivity index (χ4v) is 1.80. The number of aryl methyl sites for hydroxylation is 1. The van der Waals surface area contributed by atoms with Crippen LogP contribution < -0.4 is 10.1 Å². The molecule has 108 valence electrons. The van der Waals surface area contributed by atoms with Gasteiger partial charge in [-0.2, -0.15) is 0 Å². The standard InChI is InChI=1S/C15H18FNO3/c1-10-4-7-12(16)13(9-10)20-14(18)3-2-8-17-15(19)11-5-6-11/h4,7,9,11H,2-3,5-6,8H2,1H3,(H,17,19). The van der Waals surface area contributed by atoms with E-state index in [9.17, 15) is 14.0 Å². The van der Waals surface area contributed by atoms with Crippen molar-refractivity contribution in [1.82, 2.24) is 5.32 Å². The summed E-state index contributed by atoms with van der Waals surface area (Å²) in [5.41, 5.74) is 0.825. The van der Waals surface area contributed by atoms with E-state index in [1.54, 1.807) is 13.0 Å². The fraction of sp³-hybridized carbons (Fsp3) is 0.467. The summed E-state index contributed by atoms with van der Waals surface area (Å²) in [6.45, 7) is 2.24. The van der Waals surface area contributed by atoms with Crippen molar-refractivity contribution in [3.63, 3.8) is 0 Å². The largest absolute Gasteiger partial charge is 0.423 e. The highest BCUT2D eigenvalue weighted by Crippen LogP contribution is 2.28. The highest BCUT2D eigenvalue weighted by Gasteiger charge is 2.29. The molecular weight excluding hydrogens is 261 g/mol. The van der Waals surface area contributed by atoms with Gasteiger partial charge in [0.15, 0.2) is 11.6 Å². The second-order valence-corrected chi connectivity index (χ2v) is 5.08. The molecule has 1 aliphatic carbocycles. The van der Waals surface area contributed by atoms with Crippen LogP contribution in [-0.4, -0.2) is 18.4 Å². The van der Waals surface area contributed by atoms with E-state index >= 15 is 0 Å². The number of carbonyl (C=O) groups excluding carboxylic acids is 2. The first-order valence-corrected chi connectivity index (χ1v) is 6.81. The molecule has 0 atom stereocenters. The van der Waals surface area contributed by atoms with E-state index in [4.69, 9.17) is 4.74 Å². The molecule has 0 aromatic heterocycles. The van der Waals surface area contributed by atoms with E-state index in [-0.39, 0.29) is 24.0 Å². The molecule has 0 aliphatic heterocycles. The van der Waals surface area contributed by atoms with Gasteiger partial charge in [-0.1, -0.05) is 6.07 Å². The Morgan fingerprint density at radius 1 is 1.40 bits per heavy atom. The first-order valence-electron chi connectivity index (χ1n) is 6.81. The Bertz CT molecular complexity index is 512. The zero-order valence-electron chi connectivity index (χ0n) is 11.4. The average Bonchev–Trinajstić information content (AvgIpc) is 3.23. The van der Waals surface area contributed by atoms with Crippen LogP contribution in [0.4, 0.5) is 4.39 Å². The zero-order valence-corrected chi connectivity index (χ0v) is 11.4. The first kappa shape index (κ1) is 14.5. The van der Waals surface area contributed by atoms with E-state index in [1.165, 1.54) is 12.1 Å². The van der Waals surface area contributed by atoms with Crippen molar-refractivity contribution in [2.75, 3.05) is 6.54 Å². The highest BCUT2D eigenvalue weighted by atomic mass is 19.1. The van der Waals surface area contributed by atoms with Gasteiger partial charge in [-0.3, -0.25) is 9.59 Å². The third kappa shape index (κ3) is 4.33. The maximum Gasteiger partial charge on any atom is 0.311 e. The molecule has 0 bridgehead atoms. The summed E-state index contributed by atoms with van der Waals surface area (Å²) in [6.07, 6.45) is 2.56.